The van der Waals surface area contributed by atoms with E-state index in [0.29, 0.717) is 35.6 Å². The maximum atomic E-state index is 13.8. The lowest BCUT2D eigenvalue weighted by Gasteiger charge is -2.54. The molecule has 1 N–H and O–H groups in total. The number of nitrogens with zero attached hydrogens (tertiary/aromatic N) is 1. The Morgan fingerprint density at radius 1 is 1.11 bits per heavy atom. The van der Waals surface area contributed by atoms with Crippen LogP contribution in [0.2, 0.25) is 0 Å². The summed E-state index contributed by atoms with van der Waals surface area (Å²) in [6.07, 6.45) is 0.273. The quantitative estimate of drug-likeness (QED) is 0.605. The average Bonchev–Trinajstić information content (AvgIpc) is 2.87. The number of amides is 2. The summed E-state index contributed by atoms with van der Waals surface area (Å²) in [5.41, 5.74) is 1.66. The highest BCUT2D eigenvalue weighted by Gasteiger charge is 2.58. The molecule has 0 fully saturated rings. The maximum absolute atomic E-state index is 13.8. The van der Waals surface area contributed by atoms with Gasteiger partial charge in [-0.25, -0.2) is 4.79 Å². The number of carbonyl (C=O) groups excluding carboxylic acids is 3. The molecule has 0 bridgehead atoms. The fourth-order valence-corrected chi connectivity index (χ4v) is 5.44. The third-order valence-electron chi connectivity index (χ3n) is 6.87. The molecule has 9 nitrogen and oxygen atoms in total. The van der Waals surface area contributed by atoms with Gasteiger partial charge in [-0.05, 0) is 54.7 Å². The molecule has 0 radical (unpaired) electrons. The molecule has 0 saturated heterocycles. The van der Waals surface area contributed by atoms with Crippen molar-refractivity contribution >= 4 is 18.0 Å². The number of alkyl carbamates (subject to hydrolysis) is 1. The van der Waals surface area contributed by atoms with Gasteiger partial charge in [0, 0.05) is 18.7 Å². The van der Waals surface area contributed by atoms with E-state index in [2.05, 4.69) is 5.32 Å². The Balaban J connectivity index is 1.96. The van der Waals surface area contributed by atoms with Crippen molar-refractivity contribution < 1.29 is 33.3 Å². The van der Waals surface area contributed by atoms with Crippen molar-refractivity contribution in [2.75, 3.05) is 41.0 Å². The molecule has 0 spiro atoms. The Kier molecular flexibility index (Phi) is 6.86. The standard InChI is InChI=1S/C26H30N2O7/c1-5-35-25(31)27-12-11-26-19-15-21(33-3)20(32-2)14-16(19)10-13-28(26)23(29)18-9-7-6-8-17(18)22(26)24(30)34-4/h6-9,14-15,22H,5,10-13H2,1-4H3,(H,27,31)/t22-,26+/m1/s1. The fourth-order valence-electron chi connectivity index (χ4n) is 5.44. The highest BCUT2D eigenvalue weighted by molar-refractivity contribution is 6.01. The molecular weight excluding hydrogens is 452 g/mol. The Morgan fingerprint density at radius 2 is 1.83 bits per heavy atom. The number of nitrogens with one attached hydrogen (secondary N) is 1. The molecule has 0 aromatic heterocycles. The predicted molar refractivity (Wildman–Crippen MR) is 127 cm³/mol. The van der Waals surface area contributed by atoms with Crippen LogP contribution in [-0.4, -0.2) is 63.9 Å². The van der Waals surface area contributed by atoms with Crippen LogP contribution in [0.1, 0.15) is 46.3 Å². The van der Waals surface area contributed by atoms with Crippen LogP contribution in [0.3, 0.4) is 0 Å². The molecule has 186 valence electrons. The van der Waals surface area contributed by atoms with E-state index >= 15 is 0 Å². The van der Waals surface area contributed by atoms with Crippen LogP contribution in [0.15, 0.2) is 36.4 Å². The molecule has 2 aromatic rings. The van der Waals surface area contributed by atoms with E-state index in [1.54, 1.807) is 50.3 Å². The lowest BCUT2D eigenvalue weighted by atomic mass is 9.64. The predicted octanol–water partition coefficient (Wildman–Crippen LogP) is 3.00. The van der Waals surface area contributed by atoms with Gasteiger partial charge in [-0.3, -0.25) is 9.59 Å². The first-order chi connectivity index (χ1) is 16.9. The van der Waals surface area contributed by atoms with E-state index in [-0.39, 0.29) is 25.5 Å². The fraction of sp³-hybridized carbons (Fsp3) is 0.423. The molecule has 0 saturated carbocycles. The maximum Gasteiger partial charge on any atom is 0.407 e. The summed E-state index contributed by atoms with van der Waals surface area (Å²) in [7, 11) is 4.45. The Morgan fingerprint density at radius 3 is 2.51 bits per heavy atom. The lowest BCUT2D eigenvalue weighted by molar-refractivity contribution is -0.147. The zero-order chi connectivity index (χ0) is 25.2. The molecule has 9 heteroatoms. The third-order valence-corrected chi connectivity index (χ3v) is 6.87. The van der Waals surface area contributed by atoms with Gasteiger partial charge in [0.25, 0.3) is 5.91 Å². The molecule has 2 heterocycles. The van der Waals surface area contributed by atoms with Crippen molar-refractivity contribution in [2.45, 2.75) is 31.2 Å². The number of hydrogen-bond donors (Lipinski definition) is 1. The van der Waals surface area contributed by atoms with Gasteiger partial charge < -0.3 is 29.2 Å². The SMILES string of the molecule is CCOC(=O)NCC[C@@]12c3cc(OC)c(OC)cc3CCN1C(=O)c1ccccc1[C@@H]2C(=O)OC. The zero-order valence-corrected chi connectivity index (χ0v) is 20.4. The van der Waals surface area contributed by atoms with Gasteiger partial charge in [0.1, 0.15) is 5.92 Å². The third kappa shape index (κ3) is 3.94. The van der Waals surface area contributed by atoms with E-state index in [1.165, 1.54) is 7.11 Å². The first-order valence-corrected chi connectivity index (χ1v) is 11.6. The Hall–Kier alpha value is -3.75. The number of ether oxygens (including phenoxy) is 4. The van der Waals surface area contributed by atoms with Gasteiger partial charge in [0.15, 0.2) is 11.5 Å². The summed E-state index contributed by atoms with van der Waals surface area (Å²) in [5.74, 6) is -0.397. The minimum absolute atomic E-state index is 0.169. The second-order valence-corrected chi connectivity index (χ2v) is 8.44. The number of methoxy groups -OCH3 is 3. The van der Waals surface area contributed by atoms with Crippen molar-refractivity contribution in [3.63, 3.8) is 0 Å². The van der Waals surface area contributed by atoms with Gasteiger partial charge in [-0.15, -0.1) is 0 Å². The van der Waals surface area contributed by atoms with Crippen LogP contribution in [-0.2, 0) is 26.2 Å². The molecule has 35 heavy (non-hydrogen) atoms. The minimum Gasteiger partial charge on any atom is -0.493 e. The summed E-state index contributed by atoms with van der Waals surface area (Å²) in [5, 5.41) is 2.75. The molecule has 4 rings (SSSR count). The average molecular weight is 483 g/mol. The minimum atomic E-state index is -1.12. The smallest absolute Gasteiger partial charge is 0.407 e. The molecular formula is C26H30N2O7. The number of esters is 1. The molecule has 0 aliphatic carbocycles. The second kappa shape index (κ2) is 9.85. The van der Waals surface area contributed by atoms with Crippen LogP contribution in [0, 0.1) is 0 Å². The van der Waals surface area contributed by atoms with E-state index < -0.39 is 23.5 Å². The summed E-state index contributed by atoms with van der Waals surface area (Å²) in [6, 6.07) is 10.8. The topological polar surface area (TPSA) is 103 Å². The van der Waals surface area contributed by atoms with Gasteiger partial charge in [-0.2, -0.15) is 0 Å². The zero-order valence-electron chi connectivity index (χ0n) is 20.4. The molecule has 2 aliphatic rings. The number of carbonyl (C=O) groups is 3. The van der Waals surface area contributed by atoms with Gasteiger partial charge in [0.05, 0.1) is 33.5 Å². The summed E-state index contributed by atoms with van der Waals surface area (Å²) in [6.45, 7) is 2.52. The highest BCUT2D eigenvalue weighted by Crippen LogP contribution is 2.54. The number of benzene rings is 2. The van der Waals surface area contributed by atoms with Crippen LogP contribution < -0.4 is 14.8 Å². The first-order valence-electron chi connectivity index (χ1n) is 11.6. The van der Waals surface area contributed by atoms with E-state index in [4.69, 9.17) is 18.9 Å². The van der Waals surface area contributed by atoms with Crippen molar-refractivity contribution in [2.24, 2.45) is 0 Å². The van der Waals surface area contributed by atoms with Crippen molar-refractivity contribution in [3.8, 4) is 11.5 Å². The number of rotatable bonds is 7. The van der Waals surface area contributed by atoms with Crippen LogP contribution in [0.4, 0.5) is 4.79 Å². The van der Waals surface area contributed by atoms with Gasteiger partial charge in [0.2, 0.25) is 0 Å². The lowest BCUT2D eigenvalue weighted by Crippen LogP contribution is -2.62. The second-order valence-electron chi connectivity index (χ2n) is 8.44. The molecule has 2 aromatic carbocycles. The van der Waals surface area contributed by atoms with E-state index in [1.807, 2.05) is 12.1 Å². The van der Waals surface area contributed by atoms with E-state index in [9.17, 15) is 14.4 Å². The molecule has 2 atom stereocenters. The van der Waals surface area contributed by atoms with Crippen LogP contribution in [0.25, 0.3) is 0 Å². The van der Waals surface area contributed by atoms with Crippen molar-refractivity contribution in [3.05, 3.63) is 58.7 Å². The Bertz CT molecular complexity index is 1150. The largest absolute Gasteiger partial charge is 0.493 e. The number of hydrogen-bond acceptors (Lipinski definition) is 7. The monoisotopic (exact) mass is 482 g/mol. The molecule has 2 amide bonds. The van der Waals surface area contributed by atoms with E-state index in [0.717, 1.165) is 11.1 Å². The summed E-state index contributed by atoms with van der Waals surface area (Å²) < 4.78 is 21.4. The molecule has 0 unspecified atom stereocenters. The van der Waals surface area contributed by atoms with Crippen molar-refractivity contribution in [1.82, 2.24) is 10.2 Å². The van der Waals surface area contributed by atoms with Gasteiger partial charge in [-0.1, -0.05) is 18.2 Å². The molecule has 2 aliphatic heterocycles. The van der Waals surface area contributed by atoms with Crippen LogP contribution in [0.5, 0.6) is 11.5 Å². The van der Waals surface area contributed by atoms with Crippen molar-refractivity contribution in [1.29, 1.82) is 0 Å². The van der Waals surface area contributed by atoms with Gasteiger partial charge >= 0.3 is 12.1 Å². The Labute approximate surface area is 204 Å². The normalized spacial score (nSPS) is 20.2. The van der Waals surface area contributed by atoms with Crippen LogP contribution >= 0.6 is 0 Å². The summed E-state index contributed by atoms with van der Waals surface area (Å²) >= 11 is 0. The summed E-state index contributed by atoms with van der Waals surface area (Å²) in [4.78, 5) is 41.1. The number of fused-ring (bicyclic) bond motifs is 4. The highest BCUT2D eigenvalue weighted by atomic mass is 16.5. The first kappa shape index (κ1) is 24.4.